The Kier molecular flexibility index (Phi) is 10.9. The van der Waals surface area contributed by atoms with Crippen LogP contribution in [0.2, 0.25) is 57.4 Å². The molecule has 188 valence electrons. The van der Waals surface area contributed by atoms with Gasteiger partial charge in [-0.15, -0.1) is 0 Å². The molecular weight excluding hydrogens is 473 g/mol. The Balaban J connectivity index is 1.89. The Morgan fingerprint density at radius 3 is 2.28 bits per heavy atom. The van der Waals surface area contributed by atoms with Crippen molar-refractivity contribution in [1.82, 2.24) is 0 Å². The van der Waals surface area contributed by atoms with Crippen molar-refractivity contribution >= 4 is 40.4 Å². The number of epoxide rings is 1. The van der Waals surface area contributed by atoms with Crippen LogP contribution in [-0.2, 0) is 26.6 Å². The van der Waals surface area contributed by atoms with Gasteiger partial charge in [0.05, 0.1) is 24.7 Å². The zero-order valence-electron chi connectivity index (χ0n) is 21.8. The van der Waals surface area contributed by atoms with E-state index < -0.39 is 34.5 Å². The van der Waals surface area contributed by atoms with Gasteiger partial charge in [-0.2, -0.15) is 0 Å². The lowest BCUT2D eigenvalue weighted by Gasteiger charge is -2.39. The Bertz CT molecular complexity index is 605. The van der Waals surface area contributed by atoms with Gasteiger partial charge in [0, 0.05) is 0 Å². The standard InChI is InChI=1S/C22H48O6Si4/c1-9-16-30(4,5)26-29(3)27-32(8,28-31(6,7)17-10-2)18-12-15-24-22(23)19-13-11-14-20-21(19)25-20/h19-21,29H,9-18H2,1-8H3. The first-order valence-corrected chi connectivity index (χ1v) is 23.6. The van der Waals surface area contributed by atoms with E-state index in [4.69, 9.17) is 21.8 Å². The molecule has 1 saturated carbocycles. The molecule has 0 amide bonds. The van der Waals surface area contributed by atoms with Crippen LogP contribution in [0.25, 0.3) is 0 Å². The van der Waals surface area contributed by atoms with Gasteiger partial charge in [-0.3, -0.25) is 4.79 Å². The lowest BCUT2D eigenvalue weighted by atomic mass is 9.89. The summed E-state index contributed by atoms with van der Waals surface area (Å²) in [5, 5.41) is 0. The van der Waals surface area contributed by atoms with Crippen LogP contribution in [0.5, 0.6) is 0 Å². The van der Waals surface area contributed by atoms with Gasteiger partial charge in [-0.05, 0) is 83.1 Å². The van der Waals surface area contributed by atoms with E-state index in [0.717, 1.165) is 56.7 Å². The summed E-state index contributed by atoms with van der Waals surface area (Å²) < 4.78 is 31.3. The van der Waals surface area contributed by atoms with Crippen molar-refractivity contribution in [3.8, 4) is 0 Å². The van der Waals surface area contributed by atoms with Crippen LogP contribution in [-0.4, -0.2) is 59.3 Å². The average Bonchev–Trinajstić information content (AvgIpc) is 3.43. The van der Waals surface area contributed by atoms with E-state index in [2.05, 4.69) is 53.1 Å². The summed E-state index contributed by atoms with van der Waals surface area (Å²) in [4.78, 5) is 12.5. The summed E-state index contributed by atoms with van der Waals surface area (Å²) >= 11 is 0. The maximum Gasteiger partial charge on any atom is 0.315 e. The number of carbonyl (C=O) groups is 1. The van der Waals surface area contributed by atoms with Crippen molar-refractivity contribution in [3.05, 3.63) is 0 Å². The van der Waals surface area contributed by atoms with E-state index in [0.29, 0.717) is 12.7 Å². The molecule has 1 saturated heterocycles. The lowest BCUT2D eigenvalue weighted by molar-refractivity contribution is -0.149. The highest BCUT2D eigenvalue weighted by molar-refractivity contribution is 6.86. The van der Waals surface area contributed by atoms with Crippen LogP contribution in [0.4, 0.5) is 0 Å². The lowest BCUT2D eigenvalue weighted by Crippen LogP contribution is -2.53. The highest BCUT2D eigenvalue weighted by Crippen LogP contribution is 2.41. The Morgan fingerprint density at radius 1 is 0.969 bits per heavy atom. The van der Waals surface area contributed by atoms with Crippen molar-refractivity contribution in [2.75, 3.05) is 6.61 Å². The number of fused-ring (bicyclic) bond motifs is 1. The number of rotatable bonds is 15. The van der Waals surface area contributed by atoms with Crippen LogP contribution in [0.1, 0.15) is 52.4 Å². The average molecular weight is 521 g/mol. The highest BCUT2D eigenvalue weighted by atomic mass is 28.5. The third-order valence-electron chi connectivity index (χ3n) is 6.44. The molecule has 2 aliphatic rings. The first-order chi connectivity index (χ1) is 14.9. The number of carbonyl (C=O) groups excluding carboxylic acids is 1. The van der Waals surface area contributed by atoms with Crippen LogP contribution >= 0.6 is 0 Å². The smallest absolute Gasteiger partial charge is 0.315 e. The molecule has 6 nitrogen and oxygen atoms in total. The fraction of sp³-hybridized carbons (Fsp3) is 0.955. The highest BCUT2D eigenvalue weighted by Gasteiger charge is 2.50. The predicted octanol–water partition coefficient (Wildman–Crippen LogP) is 5.69. The minimum absolute atomic E-state index is 0.0626. The molecule has 0 aromatic rings. The van der Waals surface area contributed by atoms with Crippen molar-refractivity contribution in [2.45, 2.75) is 122 Å². The van der Waals surface area contributed by atoms with Gasteiger partial charge in [-0.1, -0.05) is 26.7 Å². The fourth-order valence-corrected chi connectivity index (χ4v) is 22.5. The Hall–Kier alpha value is 0.178. The minimum Gasteiger partial charge on any atom is -0.465 e. The predicted molar refractivity (Wildman–Crippen MR) is 139 cm³/mol. The zero-order valence-corrected chi connectivity index (χ0v) is 26.0. The molecule has 1 aliphatic carbocycles. The van der Waals surface area contributed by atoms with E-state index in [9.17, 15) is 4.79 Å². The zero-order chi connectivity index (χ0) is 24.0. The summed E-state index contributed by atoms with van der Waals surface area (Å²) in [7, 11) is -7.70. The van der Waals surface area contributed by atoms with Crippen molar-refractivity contribution in [1.29, 1.82) is 0 Å². The van der Waals surface area contributed by atoms with E-state index in [1.807, 2.05) is 0 Å². The van der Waals surface area contributed by atoms with Gasteiger partial charge in [0.15, 0.2) is 16.6 Å². The van der Waals surface area contributed by atoms with Gasteiger partial charge in [0.25, 0.3) is 9.28 Å². The maximum atomic E-state index is 12.5. The Labute approximate surface area is 201 Å². The monoisotopic (exact) mass is 520 g/mol. The van der Waals surface area contributed by atoms with E-state index >= 15 is 0 Å². The molecule has 0 N–H and O–H groups in total. The molecule has 5 atom stereocenters. The quantitative estimate of drug-likeness (QED) is 0.120. The number of hydrogen-bond acceptors (Lipinski definition) is 6. The molecule has 32 heavy (non-hydrogen) atoms. The van der Waals surface area contributed by atoms with Gasteiger partial charge in [-0.25, -0.2) is 0 Å². The summed E-state index contributed by atoms with van der Waals surface area (Å²) in [6, 6.07) is 3.13. The first-order valence-electron chi connectivity index (χ1n) is 12.8. The molecule has 2 rings (SSSR count). The molecule has 1 heterocycles. The molecule has 1 aliphatic heterocycles. The molecule has 0 radical (unpaired) electrons. The topological polar surface area (TPSA) is 66.5 Å². The first kappa shape index (κ1) is 28.4. The van der Waals surface area contributed by atoms with Crippen LogP contribution in [0.15, 0.2) is 0 Å². The molecule has 0 spiro atoms. The third kappa shape index (κ3) is 9.44. The number of ether oxygens (including phenoxy) is 2. The van der Waals surface area contributed by atoms with E-state index in [1.54, 1.807) is 0 Å². The molecule has 10 heteroatoms. The molecule has 0 aromatic carbocycles. The van der Waals surface area contributed by atoms with E-state index in [1.165, 1.54) is 0 Å². The summed E-state index contributed by atoms with van der Waals surface area (Å²) in [6.45, 7) is 18.4. The molecule has 0 bridgehead atoms. The minimum atomic E-state index is -2.42. The second-order valence-corrected chi connectivity index (χ2v) is 25.6. The third-order valence-corrected chi connectivity index (χ3v) is 22.3. The van der Waals surface area contributed by atoms with Crippen molar-refractivity contribution in [3.63, 3.8) is 0 Å². The second-order valence-electron chi connectivity index (χ2n) is 11.0. The van der Waals surface area contributed by atoms with E-state index in [-0.39, 0.29) is 18.0 Å². The summed E-state index contributed by atoms with van der Waals surface area (Å²) in [5.74, 6) is -0.145. The van der Waals surface area contributed by atoms with Crippen LogP contribution in [0.3, 0.4) is 0 Å². The molecule has 0 aromatic heterocycles. The second kappa shape index (κ2) is 12.2. The molecular formula is C22H48O6Si4. The van der Waals surface area contributed by atoms with Crippen LogP contribution < -0.4 is 0 Å². The normalized spacial score (nSPS) is 26.2. The van der Waals surface area contributed by atoms with Crippen molar-refractivity contribution < 1.29 is 26.6 Å². The maximum absolute atomic E-state index is 12.5. The van der Waals surface area contributed by atoms with Crippen LogP contribution in [0, 0.1) is 5.92 Å². The summed E-state index contributed by atoms with van der Waals surface area (Å²) in [5.41, 5.74) is 0. The summed E-state index contributed by atoms with van der Waals surface area (Å²) in [6.07, 6.45) is 6.53. The molecule has 2 fully saturated rings. The van der Waals surface area contributed by atoms with Gasteiger partial charge in [0.2, 0.25) is 0 Å². The van der Waals surface area contributed by atoms with Gasteiger partial charge in [0.1, 0.15) is 0 Å². The van der Waals surface area contributed by atoms with Gasteiger partial charge >= 0.3 is 14.5 Å². The Morgan fingerprint density at radius 2 is 1.62 bits per heavy atom. The SMILES string of the molecule is CCC[Si](C)(C)O[SiH](C)O[Si](C)(CCCOC(=O)C1CCCC2OC21)O[Si](C)(C)CCC. The fourth-order valence-electron chi connectivity index (χ4n) is 5.23. The molecule has 5 unspecified atom stereocenters. The van der Waals surface area contributed by atoms with Crippen molar-refractivity contribution in [2.24, 2.45) is 5.92 Å². The largest absolute Gasteiger partial charge is 0.465 e. The number of esters is 1. The number of hydrogen-bond donors (Lipinski definition) is 0. The van der Waals surface area contributed by atoms with Gasteiger partial charge < -0.3 is 21.8 Å².